The molecule has 108 valence electrons. The standard InChI is InChI=1S/C13H17N3O4/c1-14-11-6-2-5-10(12(11)16(19)20)13(18)15-7-3-4-9(15)8-17/h2,5-6,9,14,17H,3-4,7-8H2,1H3. The van der Waals surface area contributed by atoms with Crippen LogP contribution in [0.5, 0.6) is 0 Å². The van der Waals surface area contributed by atoms with Crippen molar-refractivity contribution >= 4 is 17.3 Å². The molecular formula is C13H17N3O4. The van der Waals surface area contributed by atoms with Crippen molar-refractivity contribution in [3.8, 4) is 0 Å². The molecule has 1 aliphatic rings. The van der Waals surface area contributed by atoms with Crippen molar-refractivity contribution in [3.05, 3.63) is 33.9 Å². The van der Waals surface area contributed by atoms with E-state index in [1.54, 1.807) is 19.2 Å². The number of anilines is 1. The van der Waals surface area contributed by atoms with Crippen molar-refractivity contribution in [2.45, 2.75) is 18.9 Å². The number of carbonyl (C=O) groups excluding carboxylic acids is 1. The lowest BCUT2D eigenvalue weighted by atomic mass is 10.1. The van der Waals surface area contributed by atoms with Gasteiger partial charge in [-0.25, -0.2) is 0 Å². The van der Waals surface area contributed by atoms with Gasteiger partial charge in [0.15, 0.2) is 0 Å². The fourth-order valence-electron chi connectivity index (χ4n) is 2.56. The Morgan fingerprint density at radius 3 is 2.95 bits per heavy atom. The van der Waals surface area contributed by atoms with E-state index in [-0.39, 0.29) is 23.9 Å². The van der Waals surface area contributed by atoms with Crippen molar-refractivity contribution in [3.63, 3.8) is 0 Å². The molecule has 0 aromatic heterocycles. The summed E-state index contributed by atoms with van der Waals surface area (Å²) in [6.07, 6.45) is 1.53. The van der Waals surface area contributed by atoms with Gasteiger partial charge in [0.2, 0.25) is 0 Å². The van der Waals surface area contributed by atoms with Gasteiger partial charge in [-0.1, -0.05) is 6.07 Å². The Kier molecular flexibility index (Phi) is 4.19. The number of likely N-dealkylation sites (tertiary alicyclic amines) is 1. The average molecular weight is 279 g/mol. The summed E-state index contributed by atoms with van der Waals surface area (Å²) in [6, 6.07) is 4.37. The van der Waals surface area contributed by atoms with E-state index < -0.39 is 10.8 Å². The van der Waals surface area contributed by atoms with E-state index in [0.29, 0.717) is 12.2 Å². The van der Waals surface area contributed by atoms with E-state index in [1.165, 1.54) is 11.0 Å². The second kappa shape index (κ2) is 5.87. The number of nitro groups is 1. The zero-order valence-electron chi connectivity index (χ0n) is 11.2. The van der Waals surface area contributed by atoms with Crippen LogP contribution >= 0.6 is 0 Å². The SMILES string of the molecule is CNc1cccc(C(=O)N2CCCC2CO)c1[N+](=O)[O-]. The average Bonchev–Trinajstić information content (AvgIpc) is 2.93. The summed E-state index contributed by atoms with van der Waals surface area (Å²) in [5.41, 5.74) is 0.145. The number of aliphatic hydroxyl groups excluding tert-OH is 1. The lowest BCUT2D eigenvalue weighted by molar-refractivity contribution is -0.384. The third-order valence-electron chi connectivity index (χ3n) is 3.57. The highest BCUT2D eigenvalue weighted by atomic mass is 16.6. The number of hydrogen-bond acceptors (Lipinski definition) is 5. The summed E-state index contributed by atoms with van der Waals surface area (Å²) < 4.78 is 0. The van der Waals surface area contributed by atoms with Crippen molar-refractivity contribution in [1.29, 1.82) is 0 Å². The van der Waals surface area contributed by atoms with Crippen molar-refractivity contribution in [2.75, 3.05) is 25.5 Å². The fraction of sp³-hybridized carbons (Fsp3) is 0.462. The van der Waals surface area contributed by atoms with Gasteiger partial charge < -0.3 is 15.3 Å². The van der Waals surface area contributed by atoms with Gasteiger partial charge in [0.05, 0.1) is 17.6 Å². The number of carbonyl (C=O) groups is 1. The number of nitrogens with zero attached hydrogens (tertiary/aromatic N) is 2. The maximum atomic E-state index is 12.5. The van der Waals surface area contributed by atoms with Gasteiger partial charge in [0, 0.05) is 13.6 Å². The molecule has 2 rings (SSSR count). The molecule has 2 N–H and O–H groups in total. The minimum Gasteiger partial charge on any atom is -0.394 e. The van der Waals surface area contributed by atoms with E-state index in [0.717, 1.165) is 12.8 Å². The molecule has 20 heavy (non-hydrogen) atoms. The Balaban J connectivity index is 2.42. The first-order valence-electron chi connectivity index (χ1n) is 6.47. The third kappa shape index (κ3) is 2.44. The van der Waals surface area contributed by atoms with Crippen LogP contribution in [-0.2, 0) is 0 Å². The molecule has 1 amide bonds. The van der Waals surface area contributed by atoms with Gasteiger partial charge in [0.25, 0.3) is 5.91 Å². The Morgan fingerprint density at radius 2 is 2.35 bits per heavy atom. The molecule has 7 nitrogen and oxygen atoms in total. The normalized spacial score (nSPS) is 18.1. The molecule has 0 saturated carbocycles. The molecule has 1 atom stereocenters. The molecule has 0 bridgehead atoms. The first-order valence-corrected chi connectivity index (χ1v) is 6.47. The summed E-state index contributed by atoms with van der Waals surface area (Å²) in [7, 11) is 1.57. The second-order valence-electron chi connectivity index (χ2n) is 4.69. The Morgan fingerprint density at radius 1 is 1.60 bits per heavy atom. The quantitative estimate of drug-likeness (QED) is 0.638. The van der Waals surface area contributed by atoms with Gasteiger partial charge in [-0.3, -0.25) is 14.9 Å². The number of amides is 1. The number of nitro benzene ring substituents is 1. The van der Waals surface area contributed by atoms with Crippen LogP contribution < -0.4 is 5.32 Å². The minimum atomic E-state index is -0.552. The summed E-state index contributed by atoms with van der Waals surface area (Å²) in [5.74, 6) is -0.398. The molecular weight excluding hydrogens is 262 g/mol. The first-order chi connectivity index (χ1) is 9.60. The Bertz CT molecular complexity index is 532. The monoisotopic (exact) mass is 279 g/mol. The minimum absolute atomic E-state index is 0.0576. The molecule has 1 saturated heterocycles. The predicted octanol–water partition coefficient (Wildman–Crippen LogP) is 1.23. The maximum absolute atomic E-state index is 12.5. The van der Waals surface area contributed by atoms with Crippen LogP contribution in [-0.4, -0.2) is 47.1 Å². The van der Waals surface area contributed by atoms with Gasteiger partial charge in [-0.2, -0.15) is 0 Å². The summed E-state index contributed by atoms with van der Waals surface area (Å²) >= 11 is 0. The van der Waals surface area contributed by atoms with E-state index in [9.17, 15) is 20.0 Å². The molecule has 0 radical (unpaired) electrons. The van der Waals surface area contributed by atoms with Crippen molar-refractivity contribution in [2.24, 2.45) is 0 Å². The highest BCUT2D eigenvalue weighted by Gasteiger charge is 2.33. The summed E-state index contributed by atoms with van der Waals surface area (Å²) in [4.78, 5) is 24.7. The van der Waals surface area contributed by atoms with E-state index in [2.05, 4.69) is 5.32 Å². The number of hydrogen-bond donors (Lipinski definition) is 2. The van der Waals surface area contributed by atoms with Gasteiger partial charge in [-0.05, 0) is 25.0 Å². The largest absolute Gasteiger partial charge is 0.394 e. The first kappa shape index (κ1) is 14.3. The predicted molar refractivity (Wildman–Crippen MR) is 73.8 cm³/mol. The van der Waals surface area contributed by atoms with Crippen LogP contribution in [0.2, 0.25) is 0 Å². The van der Waals surface area contributed by atoms with Gasteiger partial charge >= 0.3 is 5.69 Å². The molecule has 1 fully saturated rings. The zero-order chi connectivity index (χ0) is 14.7. The van der Waals surface area contributed by atoms with E-state index in [1.807, 2.05) is 0 Å². The van der Waals surface area contributed by atoms with Crippen LogP contribution in [0.15, 0.2) is 18.2 Å². The molecule has 1 aliphatic heterocycles. The number of nitrogens with one attached hydrogen (secondary N) is 1. The Hall–Kier alpha value is -2.15. The third-order valence-corrected chi connectivity index (χ3v) is 3.57. The van der Waals surface area contributed by atoms with Crippen LogP contribution in [0, 0.1) is 10.1 Å². The van der Waals surface area contributed by atoms with E-state index in [4.69, 9.17) is 0 Å². The number of rotatable bonds is 4. The number of para-hydroxylation sites is 1. The van der Waals surface area contributed by atoms with Crippen LogP contribution in [0.3, 0.4) is 0 Å². The molecule has 1 aromatic carbocycles. The van der Waals surface area contributed by atoms with Crippen molar-refractivity contribution in [1.82, 2.24) is 4.90 Å². The topological polar surface area (TPSA) is 95.7 Å². The van der Waals surface area contributed by atoms with Crippen LogP contribution in [0.1, 0.15) is 23.2 Å². The number of aliphatic hydroxyl groups is 1. The van der Waals surface area contributed by atoms with Gasteiger partial charge in [0.1, 0.15) is 11.3 Å². The number of benzene rings is 1. The van der Waals surface area contributed by atoms with E-state index >= 15 is 0 Å². The lowest BCUT2D eigenvalue weighted by Crippen LogP contribution is -2.37. The lowest BCUT2D eigenvalue weighted by Gasteiger charge is -2.23. The van der Waals surface area contributed by atoms with Gasteiger partial charge in [-0.15, -0.1) is 0 Å². The van der Waals surface area contributed by atoms with Crippen LogP contribution in [0.4, 0.5) is 11.4 Å². The highest BCUT2D eigenvalue weighted by Crippen LogP contribution is 2.31. The second-order valence-corrected chi connectivity index (χ2v) is 4.69. The van der Waals surface area contributed by atoms with Crippen LogP contribution in [0.25, 0.3) is 0 Å². The summed E-state index contributed by atoms with van der Waals surface area (Å²) in [6.45, 7) is 0.399. The fourth-order valence-corrected chi connectivity index (χ4v) is 2.56. The molecule has 1 aromatic rings. The Labute approximate surface area is 116 Å². The summed E-state index contributed by atoms with van der Waals surface area (Å²) in [5, 5.41) is 23.2. The molecule has 1 unspecified atom stereocenters. The molecule has 0 aliphatic carbocycles. The molecule has 7 heteroatoms. The molecule has 0 spiro atoms. The maximum Gasteiger partial charge on any atom is 0.305 e. The van der Waals surface area contributed by atoms with Crippen molar-refractivity contribution < 1.29 is 14.8 Å². The highest BCUT2D eigenvalue weighted by molar-refractivity contribution is 6.00. The molecule has 1 heterocycles. The zero-order valence-corrected chi connectivity index (χ0v) is 11.2. The smallest absolute Gasteiger partial charge is 0.305 e.